The first-order chi connectivity index (χ1) is 8.22. The summed E-state index contributed by atoms with van der Waals surface area (Å²) in [6.45, 7) is 4.63. The van der Waals surface area contributed by atoms with Gasteiger partial charge in [-0.05, 0) is 30.0 Å². The highest BCUT2D eigenvalue weighted by Crippen LogP contribution is 2.28. The molecule has 4 heteroatoms. The molecule has 0 atom stereocenters. The van der Waals surface area contributed by atoms with Crippen LogP contribution in [0.4, 0.5) is 0 Å². The Hall–Kier alpha value is -0.873. The van der Waals surface area contributed by atoms with Crippen molar-refractivity contribution in [2.75, 3.05) is 5.75 Å². The van der Waals surface area contributed by atoms with E-state index in [1.54, 1.807) is 12.5 Å². The lowest BCUT2D eigenvalue weighted by molar-refractivity contribution is 0.520. The van der Waals surface area contributed by atoms with Crippen molar-refractivity contribution in [1.82, 2.24) is 0 Å². The third-order valence-electron chi connectivity index (χ3n) is 2.75. The lowest BCUT2D eigenvalue weighted by Gasteiger charge is -2.24. The van der Waals surface area contributed by atoms with E-state index in [0.29, 0.717) is 0 Å². The Morgan fingerprint density at radius 1 is 1.06 bits per heavy atom. The Kier molecular flexibility index (Phi) is 4.18. The van der Waals surface area contributed by atoms with Crippen LogP contribution >= 0.6 is 11.2 Å². The molecule has 0 N–H and O–H groups in total. The van der Waals surface area contributed by atoms with E-state index in [0.717, 1.165) is 29.4 Å². The summed E-state index contributed by atoms with van der Waals surface area (Å²) in [5, 5.41) is 0. The maximum absolute atomic E-state index is 5.49. The molecule has 0 saturated carbocycles. The molecule has 2 heterocycles. The molecular formula is C13H18O2SSi. The van der Waals surface area contributed by atoms with Gasteiger partial charge in [0.15, 0.2) is 0 Å². The van der Waals surface area contributed by atoms with Gasteiger partial charge in [0.2, 0.25) is 0 Å². The third-order valence-corrected chi connectivity index (χ3v) is 9.75. The normalized spacial score (nSPS) is 11.9. The van der Waals surface area contributed by atoms with Gasteiger partial charge in [0.25, 0.3) is 0 Å². The molecule has 0 bridgehead atoms. The molecule has 0 spiro atoms. The molecule has 2 nitrogen and oxygen atoms in total. The van der Waals surface area contributed by atoms with Crippen molar-refractivity contribution in [1.29, 1.82) is 0 Å². The zero-order valence-corrected chi connectivity index (χ0v) is 12.1. The monoisotopic (exact) mass is 266 g/mol. The summed E-state index contributed by atoms with van der Waals surface area (Å²) >= 11 is 2.09. The van der Waals surface area contributed by atoms with Crippen molar-refractivity contribution in [2.24, 2.45) is 0 Å². The van der Waals surface area contributed by atoms with E-state index in [9.17, 15) is 0 Å². The van der Waals surface area contributed by atoms with Crippen LogP contribution in [0.5, 0.6) is 0 Å². The zero-order valence-electron chi connectivity index (χ0n) is 10.3. The second-order valence-electron chi connectivity index (χ2n) is 4.40. The van der Waals surface area contributed by atoms with Crippen LogP contribution in [-0.2, 0) is 12.1 Å². The molecule has 92 valence electrons. The van der Waals surface area contributed by atoms with Gasteiger partial charge in [0, 0.05) is 12.1 Å². The third kappa shape index (κ3) is 3.54. The van der Waals surface area contributed by atoms with Gasteiger partial charge >= 0.3 is 0 Å². The Bertz CT molecular complexity index is 386. The van der Waals surface area contributed by atoms with Crippen molar-refractivity contribution in [3.05, 3.63) is 48.3 Å². The number of rotatable bonds is 6. The molecular weight excluding hydrogens is 248 g/mol. The highest BCUT2D eigenvalue weighted by atomic mass is 32.4. The van der Waals surface area contributed by atoms with Gasteiger partial charge in [-0.1, -0.05) is 13.5 Å². The molecule has 2 aromatic heterocycles. The van der Waals surface area contributed by atoms with Gasteiger partial charge in [-0.15, -0.1) is 0 Å². The molecule has 0 aromatic carbocycles. The second kappa shape index (κ2) is 5.64. The summed E-state index contributed by atoms with van der Waals surface area (Å²) in [5.74, 6) is 3.36. The molecule has 0 aliphatic heterocycles. The SMILES string of the molecule is CCS[Si](C)(Cc1ccco1)Cc1ccco1. The van der Waals surface area contributed by atoms with E-state index >= 15 is 0 Å². The summed E-state index contributed by atoms with van der Waals surface area (Å²) < 4.78 is 11.0. The van der Waals surface area contributed by atoms with Crippen molar-refractivity contribution in [2.45, 2.75) is 25.6 Å². The molecule has 0 aliphatic rings. The quantitative estimate of drug-likeness (QED) is 0.737. The number of hydrogen-bond acceptors (Lipinski definition) is 3. The highest BCUT2D eigenvalue weighted by Gasteiger charge is 2.30. The maximum atomic E-state index is 5.49. The van der Waals surface area contributed by atoms with Crippen LogP contribution in [0.3, 0.4) is 0 Å². The van der Waals surface area contributed by atoms with Crippen LogP contribution in [0, 0.1) is 0 Å². The average Bonchev–Trinajstić information content (AvgIpc) is 2.91. The maximum Gasteiger partial charge on any atom is 0.129 e. The van der Waals surface area contributed by atoms with E-state index in [1.807, 2.05) is 12.1 Å². The fourth-order valence-electron chi connectivity index (χ4n) is 2.08. The first-order valence-electron chi connectivity index (χ1n) is 5.90. The largest absolute Gasteiger partial charge is 0.470 e. The van der Waals surface area contributed by atoms with Gasteiger partial charge in [0.1, 0.15) is 18.7 Å². The van der Waals surface area contributed by atoms with E-state index in [1.165, 1.54) is 0 Å². The van der Waals surface area contributed by atoms with Crippen LogP contribution in [0.15, 0.2) is 45.6 Å². The molecule has 2 aromatic rings. The smallest absolute Gasteiger partial charge is 0.129 e. The Morgan fingerprint density at radius 2 is 1.59 bits per heavy atom. The molecule has 2 rings (SSSR count). The van der Waals surface area contributed by atoms with Crippen molar-refractivity contribution in [3.8, 4) is 0 Å². The van der Waals surface area contributed by atoms with E-state index in [4.69, 9.17) is 8.83 Å². The summed E-state index contributed by atoms with van der Waals surface area (Å²) in [5.41, 5.74) is 0. The van der Waals surface area contributed by atoms with Gasteiger partial charge in [0.05, 0.1) is 12.5 Å². The molecule has 17 heavy (non-hydrogen) atoms. The van der Waals surface area contributed by atoms with Gasteiger partial charge in [-0.25, -0.2) is 0 Å². The van der Waals surface area contributed by atoms with Crippen LogP contribution in [0.2, 0.25) is 6.55 Å². The van der Waals surface area contributed by atoms with E-state index in [-0.39, 0.29) is 0 Å². The average molecular weight is 266 g/mol. The van der Waals surface area contributed by atoms with Crippen LogP contribution in [-0.4, -0.2) is 13.0 Å². The second-order valence-corrected chi connectivity index (χ2v) is 12.7. The van der Waals surface area contributed by atoms with Gasteiger partial charge in [-0.2, -0.15) is 11.2 Å². The summed E-state index contributed by atoms with van der Waals surface area (Å²) in [4.78, 5) is 0. The van der Waals surface area contributed by atoms with E-state index < -0.39 is 7.22 Å². The molecule has 0 saturated heterocycles. The Balaban J connectivity index is 2.08. The Morgan fingerprint density at radius 3 is 1.94 bits per heavy atom. The lowest BCUT2D eigenvalue weighted by Crippen LogP contribution is -2.33. The number of hydrogen-bond donors (Lipinski definition) is 0. The van der Waals surface area contributed by atoms with Crippen molar-refractivity contribution in [3.63, 3.8) is 0 Å². The fraction of sp³-hybridized carbons (Fsp3) is 0.385. The minimum Gasteiger partial charge on any atom is -0.470 e. The minimum atomic E-state index is -1.43. The highest BCUT2D eigenvalue weighted by molar-refractivity contribution is 8.28. The minimum absolute atomic E-state index is 1.07. The fourth-order valence-corrected chi connectivity index (χ4v) is 8.54. The van der Waals surface area contributed by atoms with Crippen LogP contribution < -0.4 is 0 Å². The predicted octanol–water partition coefficient (Wildman–Crippen LogP) is 4.06. The van der Waals surface area contributed by atoms with E-state index in [2.05, 4.69) is 36.8 Å². The molecule has 0 amide bonds. The topological polar surface area (TPSA) is 26.3 Å². The summed E-state index contributed by atoms with van der Waals surface area (Å²) in [6, 6.07) is 10.2. The zero-order chi connectivity index (χ0) is 12.1. The van der Waals surface area contributed by atoms with Crippen LogP contribution in [0.25, 0.3) is 0 Å². The molecule has 0 fully saturated rings. The van der Waals surface area contributed by atoms with Gasteiger partial charge in [-0.3, -0.25) is 0 Å². The van der Waals surface area contributed by atoms with Crippen LogP contribution in [0.1, 0.15) is 18.4 Å². The summed E-state index contributed by atoms with van der Waals surface area (Å²) in [6.07, 6.45) is 3.52. The van der Waals surface area contributed by atoms with Gasteiger partial charge < -0.3 is 8.83 Å². The standard InChI is InChI=1S/C13H18O2SSi/c1-3-16-17(2,10-12-6-4-8-14-12)11-13-7-5-9-15-13/h4-9H,3,10-11H2,1-2H3. The number of furan rings is 2. The summed E-state index contributed by atoms with van der Waals surface area (Å²) in [7, 11) is -1.43. The molecule has 0 radical (unpaired) electrons. The first-order valence-corrected chi connectivity index (χ1v) is 10.5. The molecule has 0 aliphatic carbocycles. The van der Waals surface area contributed by atoms with Crippen molar-refractivity contribution >= 4 is 18.4 Å². The predicted molar refractivity (Wildman–Crippen MR) is 74.6 cm³/mol. The lowest BCUT2D eigenvalue weighted by atomic mass is 10.5. The van der Waals surface area contributed by atoms with Crippen molar-refractivity contribution < 1.29 is 8.83 Å². The molecule has 0 unspecified atom stereocenters. The first kappa shape index (κ1) is 12.6. The Labute approximate surface area is 107 Å².